The molecular formula is C24H25N3O4. The summed E-state index contributed by atoms with van der Waals surface area (Å²) in [5.41, 5.74) is 4.31. The summed E-state index contributed by atoms with van der Waals surface area (Å²) in [6.45, 7) is 6.35. The van der Waals surface area contributed by atoms with Crippen molar-refractivity contribution in [3.8, 4) is 34.0 Å². The van der Waals surface area contributed by atoms with Crippen LogP contribution in [0.4, 0.5) is 0 Å². The van der Waals surface area contributed by atoms with Gasteiger partial charge < -0.3 is 19.1 Å². The Hall–Kier alpha value is -3.32. The summed E-state index contributed by atoms with van der Waals surface area (Å²) in [7, 11) is 0. The number of H-pyrrole nitrogens is 1. The summed E-state index contributed by atoms with van der Waals surface area (Å²) in [6, 6.07) is 15.4. The Bertz CT molecular complexity index is 1080. The molecule has 0 spiro atoms. The van der Waals surface area contributed by atoms with Crippen molar-refractivity contribution in [2.75, 3.05) is 26.3 Å². The molecule has 1 N–H and O–H groups in total. The van der Waals surface area contributed by atoms with Crippen LogP contribution in [0, 0.1) is 0 Å². The maximum absolute atomic E-state index is 12.9. The van der Waals surface area contributed by atoms with Crippen molar-refractivity contribution < 1.29 is 19.0 Å². The number of ether oxygens (including phenoxy) is 3. The first-order chi connectivity index (χ1) is 15.1. The second kappa shape index (κ2) is 8.07. The molecule has 2 aliphatic heterocycles. The maximum Gasteiger partial charge on any atom is 0.254 e. The van der Waals surface area contributed by atoms with Gasteiger partial charge in [-0.25, -0.2) is 0 Å². The highest BCUT2D eigenvalue weighted by Gasteiger charge is 2.26. The van der Waals surface area contributed by atoms with Crippen LogP contribution in [0.25, 0.3) is 22.5 Å². The molecule has 31 heavy (non-hydrogen) atoms. The summed E-state index contributed by atoms with van der Waals surface area (Å²) in [6.07, 6.45) is 0.104. The molecule has 1 aromatic heterocycles. The number of hydrogen-bond donors (Lipinski definition) is 1. The van der Waals surface area contributed by atoms with Crippen molar-refractivity contribution in [3.05, 3.63) is 54.1 Å². The Morgan fingerprint density at radius 1 is 0.935 bits per heavy atom. The third-order valence-corrected chi connectivity index (χ3v) is 5.57. The fourth-order valence-corrected chi connectivity index (χ4v) is 4.14. The number of fused-ring (bicyclic) bond motifs is 1. The van der Waals surface area contributed by atoms with Gasteiger partial charge in [0.25, 0.3) is 5.91 Å². The summed E-state index contributed by atoms with van der Waals surface area (Å²) >= 11 is 0. The van der Waals surface area contributed by atoms with E-state index in [1.165, 1.54) is 0 Å². The van der Waals surface area contributed by atoms with E-state index in [4.69, 9.17) is 14.2 Å². The van der Waals surface area contributed by atoms with E-state index in [0.717, 1.165) is 34.0 Å². The summed E-state index contributed by atoms with van der Waals surface area (Å²) in [5, 5.41) is 7.54. The molecule has 5 rings (SSSR count). The van der Waals surface area contributed by atoms with Crippen LogP contribution in [0.1, 0.15) is 24.2 Å². The van der Waals surface area contributed by atoms with E-state index in [2.05, 4.69) is 10.2 Å². The molecule has 2 unspecified atom stereocenters. The quantitative estimate of drug-likeness (QED) is 0.700. The van der Waals surface area contributed by atoms with E-state index < -0.39 is 0 Å². The third kappa shape index (κ3) is 4.01. The molecule has 2 aromatic carbocycles. The lowest BCUT2D eigenvalue weighted by atomic mass is 10.1. The lowest BCUT2D eigenvalue weighted by Gasteiger charge is -2.35. The van der Waals surface area contributed by atoms with Gasteiger partial charge in [-0.05, 0) is 55.8 Å². The zero-order valence-electron chi connectivity index (χ0n) is 17.6. The lowest BCUT2D eigenvalue weighted by Crippen LogP contribution is -2.48. The van der Waals surface area contributed by atoms with Gasteiger partial charge in [-0.3, -0.25) is 9.89 Å². The summed E-state index contributed by atoms with van der Waals surface area (Å²) in [4.78, 5) is 14.7. The molecule has 0 aliphatic carbocycles. The SMILES string of the molecule is CC1CN(C(=O)c2ccc(-c3cc(-c4ccc5c(c4)OCCO5)n[nH]3)cc2)CC(C)O1. The Balaban J connectivity index is 1.33. The van der Waals surface area contributed by atoms with Gasteiger partial charge in [-0.1, -0.05) is 12.1 Å². The number of morpholine rings is 1. The van der Waals surface area contributed by atoms with E-state index in [1.54, 1.807) is 0 Å². The predicted molar refractivity (Wildman–Crippen MR) is 116 cm³/mol. The lowest BCUT2D eigenvalue weighted by molar-refractivity contribution is -0.0586. The minimum Gasteiger partial charge on any atom is -0.486 e. The zero-order valence-corrected chi connectivity index (χ0v) is 17.6. The summed E-state index contributed by atoms with van der Waals surface area (Å²) in [5.74, 6) is 1.54. The van der Waals surface area contributed by atoms with Crippen molar-refractivity contribution in [3.63, 3.8) is 0 Å². The average molecular weight is 419 g/mol. The molecule has 0 radical (unpaired) electrons. The van der Waals surface area contributed by atoms with Gasteiger partial charge in [0, 0.05) is 24.2 Å². The second-order valence-electron chi connectivity index (χ2n) is 8.07. The highest BCUT2D eigenvalue weighted by molar-refractivity contribution is 5.94. The van der Waals surface area contributed by atoms with E-state index in [-0.39, 0.29) is 18.1 Å². The van der Waals surface area contributed by atoms with E-state index >= 15 is 0 Å². The number of benzene rings is 2. The van der Waals surface area contributed by atoms with Crippen molar-refractivity contribution in [1.82, 2.24) is 15.1 Å². The zero-order chi connectivity index (χ0) is 21.4. The van der Waals surface area contributed by atoms with Crippen LogP contribution in [-0.2, 0) is 4.74 Å². The molecule has 0 bridgehead atoms. The molecule has 1 amide bonds. The number of hydrogen-bond acceptors (Lipinski definition) is 5. The molecule has 7 heteroatoms. The molecule has 2 aliphatic rings. The Kier molecular flexibility index (Phi) is 5.11. The topological polar surface area (TPSA) is 76.7 Å². The highest BCUT2D eigenvalue weighted by Crippen LogP contribution is 2.34. The van der Waals surface area contributed by atoms with Gasteiger partial charge in [0.15, 0.2) is 11.5 Å². The molecule has 1 fully saturated rings. The van der Waals surface area contributed by atoms with Crippen molar-refractivity contribution in [1.29, 1.82) is 0 Å². The number of carbonyl (C=O) groups is 1. The third-order valence-electron chi connectivity index (χ3n) is 5.57. The van der Waals surface area contributed by atoms with Gasteiger partial charge in [-0.2, -0.15) is 5.10 Å². The largest absolute Gasteiger partial charge is 0.486 e. The monoisotopic (exact) mass is 419 g/mol. The smallest absolute Gasteiger partial charge is 0.254 e. The maximum atomic E-state index is 12.9. The van der Waals surface area contributed by atoms with E-state index in [0.29, 0.717) is 31.9 Å². The average Bonchev–Trinajstić information content (AvgIpc) is 3.28. The Morgan fingerprint density at radius 3 is 2.35 bits per heavy atom. The first-order valence-electron chi connectivity index (χ1n) is 10.6. The molecule has 2 atom stereocenters. The number of aromatic amines is 1. The van der Waals surface area contributed by atoms with Crippen LogP contribution in [-0.4, -0.2) is 59.5 Å². The van der Waals surface area contributed by atoms with Crippen LogP contribution in [0.5, 0.6) is 11.5 Å². The number of rotatable bonds is 3. The predicted octanol–water partition coefficient (Wildman–Crippen LogP) is 3.76. The molecule has 1 saturated heterocycles. The molecule has 160 valence electrons. The van der Waals surface area contributed by atoms with Crippen LogP contribution in [0.2, 0.25) is 0 Å². The Morgan fingerprint density at radius 2 is 1.61 bits per heavy atom. The van der Waals surface area contributed by atoms with Gasteiger partial charge in [0.2, 0.25) is 0 Å². The van der Waals surface area contributed by atoms with E-state index in [1.807, 2.05) is 67.3 Å². The molecular weight excluding hydrogens is 394 g/mol. The van der Waals surface area contributed by atoms with Crippen LogP contribution in [0.15, 0.2) is 48.5 Å². The number of amides is 1. The van der Waals surface area contributed by atoms with Crippen molar-refractivity contribution in [2.24, 2.45) is 0 Å². The van der Waals surface area contributed by atoms with Gasteiger partial charge in [-0.15, -0.1) is 0 Å². The minimum absolute atomic E-state index is 0.0372. The number of carbonyl (C=O) groups excluding carboxylic acids is 1. The van der Waals surface area contributed by atoms with Gasteiger partial charge in [0.05, 0.1) is 23.6 Å². The fourth-order valence-electron chi connectivity index (χ4n) is 4.14. The molecule has 3 heterocycles. The van der Waals surface area contributed by atoms with Crippen molar-refractivity contribution in [2.45, 2.75) is 26.1 Å². The molecule has 7 nitrogen and oxygen atoms in total. The van der Waals surface area contributed by atoms with Crippen LogP contribution in [0.3, 0.4) is 0 Å². The van der Waals surface area contributed by atoms with E-state index in [9.17, 15) is 4.79 Å². The molecule has 3 aromatic rings. The van der Waals surface area contributed by atoms with Crippen LogP contribution >= 0.6 is 0 Å². The van der Waals surface area contributed by atoms with Crippen LogP contribution < -0.4 is 9.47 Å². The van der Waals surface area contributed by atoms with Crippen molar-refractivity contribution >= 4 is 5.91 Å². The van der Waals surface area contributed by atoms with Gasteiger partial charge in [0.1, 0.15) is 13.2 Å². The molecule has 0 saturated carbocycles. The number of nitrogens with zero attached hydrogens (tertiary/aromatic N) is 2. The second-order valence-corrected chi connectivity index (χ2v) is 8.07. The normalized spacial score (nSPS) is 20.5. The number of aromatic nitrogens is 2. The number of nitrogens with one attached hydrogen (secondary N) is 1. The fraction of sp³-hybridized carbons (Fsp3) is 0.333. The standard InChI is InChI=1S/C24H25N3O4/c1-15-13-27(14-16(2)31-15)24(28)18-5-3-17(4-6-18)20-12-21(26-25-20)19-7-8-22-23(11-19)30-10-9-29-22/h3-8,11-12,15-16H,9-10,13-14H2,1-2H3,(H,25,26). The first kappa shape index (κ1) is 19.6. The first-order valence-corrected chi connectivity index (χ1v) is 10.6. The van der Waals surface area contributed by atoms with Gasteiger partial charge >= 0.3 is 0 Å². The minimum atomic E-state index is 0.0372. The Labute approximate surface area is 180 Å². The highest BCUT2D eigenvalue weighted by atomic mass is 16.6. The summed E-state index contributed by atoms with van der Waals surface area (Å²) < 4.78 is 17.0.